The Hall–Kier alpha value is -3.93. The second kappa shape index (κ2) is 11.0. The number of hydrogen-bond donors (Lipinski definition) is 2. The molecular weight excluding hydrogens is 518 g/mol. The Morgan fingerprint density at radius 1 is 1.18 bits per heavy atom. The van der Waals surface area contributed by atoms with Gasteiger partial charge in [-0.2, -0.15) is 4.98 Å². The molecule has 0 bridgehead atoms. The van der Waals surface area contributed by atoms with Crippen molar-refractivity contribution in [1.29, 1.82) is 0 Å². The highest BCUT2D eigenvalue weighted by Crippen LogP contribution is 2.26. The van der Waals surface area contributed by atoms with E-state index in [1.54, 1.807) is 23.4 Å². The van der Waals surface area contributed by atoms with Crippen molar-refractivity contribution >= 4 is 39.4 Å². The molecule has 2 N–H and O–H groups in total. The van der Waals surface area contributed by atoms with Gasteiger partial charge < -0.3 is 20.3 Å². The molecule has 0 unspecified atom stereocenters. The fourth-order valence-corrected chi connectivity index (χ4v) is 4.59. The highest BCUT2D eigenvalue weighted by atomic mass is 32.2. The van der Waals surface area contributed by atoms with E-state index in [9.17, 15) is 13.2 Å². The molecule has 39 heavy (non-hydrogen) atoms. The van der Waals surface area contributed by atoms with Gasteiger partial charge in [0.1, 0.15) is 17.2 Å². The number of rotatable bonds is 7. The Balaban J connectivity index is 1.45. The summed E-state index contributed by atoms with van der Waals surface area (Å²) >= 11 is 0. The molecule has 208 valence electrons. The Morgan fingerprint density at radius 3 is 2.67 bits per heavy atom. The molecule has 11 nitrogen and oxygen atoms in total. The van der Waals surface area contributed by atoms with Crippen LogP contribution in [-0.2, 0) is 34.3 Å². The molecule has 0 saturated carbocycles. The number of fused-ring (bicyclic) bond motifs is 1. The van der Waals surface area contributed by atoms with Gasteiger partial charge in [-0.3, -0.25) is 4.31 Å². The molecule has 1 aliphatic heterocycles. The molecule has 1 aliphatic rings. The van der Waals surface area contributed by atoms with Crippen molar-refractivity contribution < 1.29 is 17.9 Å². The summed E-state index contributed by atoms with van der Waals surface area (Å²) in [7, 11) is -1.97. The zero-order valence-electron chi connectivity index (χ0n) is 23.1. The summed E-state index contributed by atoms with van der Waals surface area (Å²) in [6.45, 7) is 8.91. The Bertz CT molecular complexity index is 1470. The number of ether oxygens (including phenoxy) is 1. The molecule has 0 saturated heterocycles. The molecule has 0 radical (unpaired) electrons. The normalized spacial score (nSPS) is 13.4. The van der Waals surface area contributed by atoms with Gasteiger partial charge >= 0.3 is 6.09 Å². The van der Waals surface area contributed by atoms with E-state index in [0.29, 0.717) is 42.8 Å². The molecule has 0 spiro atoms. The maximum atomic E-state index is 12.5. The van der Waals surface area contributed by atoms with Crippen LogP contribution >= 0.6 is 0 Å². The van der Waals surface area contributed by atoms with Crippen LogP contribution in [0.1, 0.15) is 43.0 Å². The average molecular weight is 554 g/mol. The van der Waals surface area contributed by atoms with Crippen molar-refractivity contribution in [3.63, 3.8) is 0 Å². The molecule has 2 aromatic heterocycles. The first-order valence-corrected chi connectivity index (χ1v) is 14.5. The van der Waals surface area contributed by atoms with Gasteiger partial charge in [-0.05, 0) is 63.4 Å². The van der Waals surface area contributed by atoms with Gasteiger partial charge in [0.2, 0.25) is 16.0 Å². The number of sulfonamides is 1. The number of nitrogens with zero attached hydrogens (tertiary/aromatic N) is 5. The van der Waals surface area contributed by atoms with Gasteiger partial charge in [0.25, 0.3) is 0 Å². The van der Waals surface area contributed by atoms with E-state index in [2.05, 4.69) is 31.7 Å². The number of carbonyl (C=O) groups excluding carboxylic acids is 1. The van der Waals surface area contributed by atoms with Crippen molar-refractivity contribution in [2.75, 3.05) is 34.8 Å². The molecule has 1 amide bonds. The first kappa shape index (κ1) is 28.1. The molecule has 3 heterocycles. The predicted octanol–water partition coefficient (Wildman–Crippen LogP) is 4.22. The second-order valence-corrected chi connectivity index (χ2v) is 12.6. The quantitative estimate of drug-likeness (QED) is 0.442. The smallest absolute Gasteiger partial charge is 0.410 e. The number of pyridine rings is 1. The van der Waals surface area contributed by atoms with Crippen LogP contribution in [0.5, 0.6) is 0 Å². The van der Waals surface area contributed by atoms with E-state index in [0.717, 1.165) is 39.4 Å². The minimum absolute atomic E-state index is 0.301. The molecular formula is C27H35N7O4S. The molecule has 1 aromatic carbocycles. The van der Waals surface area contributed by atoms with E-state index in [-0.39, 0.29) is 6.09 Å². The van der Waals surface area contributed by atoms with Gasteiger partial charge in [0.05, 0.1) is 6.26 Å². The predicted molar refractivity (Wildman–Crippen MR) is 152 cm³/mol. The number of amides is 1. The van der Waals surface area contributed by atoms with Crippen LogP contribution in [0.2, 0.25) is 0 Å². The molecule has 3 aromatic rings. The second-order valence-electron chi connectivity index (χ2n) is 10.6. The molecule has 0 fully saturated rings. The lowest BCUT2D eigenvalue weighted by Crippen LogP contribution is -2.39. The zero-order chi connectivity index (χ0) is 28.4. The first-order valence-electron chi connectivity index (χ1n) is 12.6. The van der Waals surface area contributed by atoms with Gasteiger partial charge in [-0.25, -0.2) is 23.2 Å². The summed E-state index contributed by atoms with van der Waals surface area (Å²) in [4.78, 5) is 27.5. The monoisotopic (exact) mass is 553 g/mol. The third-order valence-electron chi connectivity index (χ3n) is 6.21. The number of hydrogen-bond acceptors (Lipinski definition) is 9. The van der Waals surface area contributed by atoms with E-state index in [4.69, 9.17) is 4.74 Å². The fraction of sp³-hybridized carbons (Fsp3) is 0.407. The summed E-state index contributed by atoms with van der Waals surface area (Å²) < 4.78 is 30.7. The lowest BCUT2D eigenvalue weighted by Gasteiger charge is -2.31. The summed E-state index contributed by atoms with van der Waals surface area (Å²) in [6, 6.07) is 9.59. The van der Waals surface area contributed by atoms with Crippen LogP contribution in [0, 0.1) is 6.92 Å². The van der Waals surface area contributed by atoms with Crippen LogP contribution in [0.15, 0.2) is 42.7 Å². The number of aryl methyl sites for hydroxylation is 1. The van der Waals surface area contributed by atoms with Crippen LogP contribution < -0.4 is 14.9 Å². The molecule has 4 rings (SSSR count). The molecule has 0 atom stereocenters. The van der Waals surface area contributed by atoms with Crippen LogP contribution in [-0.4, -0.2) is 59.8 Å². The van der Waals surface area contributed by atoms with Crippen molar-refractivity contribution in [3.8, 4) is 0 Å². The largest absolute Gasteiger partial charge is 0.444 e. The summed E-state index contributed by atoms with van der Waals surface area (Å²) in [5.41, 5.74) is 4.11. The Morgan fingerprint density at radius 2 is 1.95 bits per heavy atom. The van der Waals surface area contributed by atoms with Crippen LogP contribution in [0.25, 0.3) is 0 Å². The Kier molecular flexibility index (Phi) is 7.96. The lowest BCUT2D eigenvalue weighted by atomic mass is 9.99. The van der Waals surface area contributed by atoms with Crippen molar-refractivity contribution in [1.82, 2.24) is 19.9 Å². The van der Waals surface area contributed by atoms with Gasteiger partial charge in [0, 0.05) is 55.9 Å². The lowest BCUT2D eigenvalue weighted by molar-refractivity contribution is 0.0224. The standard InChI is InChI=1S/C27H35N7O4S/c1-18-15-30-25(32-23(18)29-16-20-8-7-12-28-24(20)33(5)39(6,36)37)31-22-10-9-21-17-34(13-11-19(21)14-22)26(35)38-27(2,3)4/h7-10,12,14-15H,11,13,16-17H2,1-6H3,(H2,29,30,31,32). The Labute approximate surface area is 229 Å². The number of aromatic nitrogens is 3. The third-order valence-corrected chi connectivity index (χ3v) is 7.38. The van der Waals surface area contributed by atoms with Crippen LogP contribution in [0.3, 0.4) is 0 Å². The minimum Gasteiger partial charge on any atom is -0.444 e. The number of carbonyl (C=O) groups is 1. The van der Waals surface area contributed by atoms with Crippen molar-refractivity contribution in [2.24, 2.45) is 0 Å². The van der Waals surface area contributed by atoms with E-state index < -0.39 is 15.6 Å². The maximum Gasteiger partial charge on any atom is 0.410 e. The van der Waals surface area contributed by atoms with Crippen molar-refractivity contribution in [3.05, 3.63) is 65.0 Å². The SMILES string of the molecule is Cc1cnc(Nc2ccc3c(c2)CCN(C(=O)OC(C)(C)C)C3)nc1NCc1cccnc1N(C)S(C)(=O)=O. The highest BCUT2D eigenvalue weighted by Gasteiger charge is 2.26. The fourth-order valence-electron chi connectivity index (χ4n) is 4.11. The molecule has 0 aliphatic carbocycles. The highest BCUT2D eigenvalue weighted by molar-refractivity contribution is 7.92. The van der Waals surface area contributed by atoms with E-state index >= 15 is 0 Å². The van der Waals surface area contributed by atoms with Crippen molar-refractivity contribution in [2.45, 2.75) is 52.8 Å². The van der Waals surface area contributed by atoms with E-state index in [1.807, 2.05) is 45.9 Å². The minimum atomic E-state index is -3.45. The number of anilines is 4. The summed E-state index contributed by atoms with van der Waals surface area (Å²) in [6.07, 6.45) is 4.85. The number of benzene rings is 1. The van der Waals surface area contributed by atoms with Gasteiger partial charge in [-0.1, -0.05) is 12.1 Å². The number of nitrogens with one attached hydrogen (secondary N) is 2. The first-order chi connectivity index (χ1) is 18.3. The maximum absolute atomic E-state index is 12.5. The topological polar surface area (TPSA) is 130 Å². The molecule has 12 heteroatoms. The third kappa shape index (κ3) is 7.14. The summed E-state index contributed by atoms with van der Waals surface area (Å²) in [5.74, 6) is 1.40. The zero-order valence-corrected chi connectivity index (χ0v) is 24.0. The average Bonchev–Trinajstić information content (AvgIpc) is 2.87. The van der Waals surface area contributed by atoms with Gasteiger partial charge in [-0.15, -0.1) is 0 Å². The van der Waals surface area contributed by atoms with E-state index in [1.165, 1.54) is 7.05 Å². The summed E-state index contributed by atoms with van der Waals surface area (Å²) in [5, 5.41) is 6.55. The van der Waals surface area contributed by atoms with Crippen LogP contribution in [0.4, 0.5) is 28.1 Å². The van der Waals surface area contributed by atoms with Gasteiger partial charge in [0.15, 0.2) is 0 Å².